The Bertz CT molecular complexity index is 343. The predicted octanol–water partition coefficient (Wildman–Crippen LogP) is 5.84. The average molecular weight is 330 g/mol. The molecular formula is C12H15F9. The topological polar surface area (TPSA) is 0 Å². The summed E-state index contributed by atoms with van der Waals surface area (Å²) in [6.45, 7) is 4.50. The van der Waals surface area contributed by atoms with Gasteiger partial charge in [-0.3, -0.25) is 0 Å². The van der Waals surface area contributed by atoms with E-state index in [1.807, 2.05) is 0 Å². The van der Waals surface area contributed by atoms with Crippen molar-refractivity contribution in [1.29, 1.82) is 0 Å². The summed E-state index contributed by atoms with van der Waals surface area (Å²) in [5.41, 5.74) is 0. The minimum absolute atomic E-state index is 0.0174. The summed E-state index contributed by atoms with van der Waals surface area (Å²) in [6, 6.07) is 0. The number of halogens is 9. The Labute approximate surface area is 116 Å². The maximum Gasteiger partial charge on any atom is 0.460 e. The lowest BCUT2D eigenvalue weighted by atomic mass is 9.87. The van der Waals surface area contributed by atoms with Crippen LogP contribution in [0.15, 0.2) is 12.7 Å². The number of hydrogen-bond acceptors (Lipinski definition) is 0. The Kier molecular flexibility index (Phi) is 6.20. The summed E-state index contributed by atoms with van der Waals surface area (Å²) in [6.07, 6.45) is -6.29. The van der Waals surface area contributed by atoms with Gasteiger partial charge in [0.25, 0.3) is 0 Å². The Balaban J connectivity index is 5.47. The molecule has 0 fully saturated rings. The quantitative estimate of drug-likeness (QED) is 0.298. The summed E-state index contributed by atoms with van der Waals surface area (Å²) < 4.78 is 115. The van der Waals surface area contributed by atoms with Crippen molar-refractivity contribution in [2.24, 2.45) is 5.92 Å². The number of allylic oxidation sites excluding steroid dienone is 1. The van der Waals surface area contributed by atoms with Crippen LogP contribution in [0.5, 0.6) is 0 Å². The zero-order chi connectivity index (χ0) is 17.1. The highest BCUT2D eigenvalue weighted by molar-refractivity contribution is 5.06. The standard InChI is InChI=1S/C12H15F9/c1-3-5-6-7-8(4-2)9(13,14)10(15,16)11(17,18)12(19,20)21/h4,8H,2-3,5-7H2,1H3. The van der Waals surface area contributed by atoms with Gasteiger partial charge in [-0.2, -0.15) is 39.5 Å². The molecule has 1 unspecified atom stereocenters. The molecule has 0 spiro atoms. The van der Waals surface area contributed by atoms with Crippen molar-refractivity contribution >= 4 is 0 Å². The third-order valence-corrected chi connectivity index (χ3v) is 3.04. The normalized spacial score (nSPS) is 15.9. The third-order valence-electron chi connectivity index (χ3n) is 3.04. The minimum atomic E-state index is -6.84. The Hall–Kier alpha value is -0.890. The Morgan fingerprint density at radius 2 is 1.33 bits per heavy atom. The molecule has 1 atom stereocenters. The van der Waals surface area contributed by atoms with Crippen LogP contribution in [0.2, 0.25) is 0 Å². The van der Waals surface area contributed by atoms with Gasteiger partial charge in [-0.1, -0.05) is 32.3 Å². The molecule has 0 aliphatic carbocycles. The van der Waals surface area contributed by atoms with E-state index in [1.165, 1.54) is 0 Å². The van der Waals surface area contributed by atoms with Gasteiger partial charge in [0.15, 0.2) is 0 Å². The number of alkyl halides is 9. The first-order valence-corrected chi connectivity index (χ1v) is 6.10. The first kappa shape index (κ1) is 20.1. The summed E-state index contributed by atoms with van der Waals surface area (Å²) in [7, 11) is 0. The second-order valence-corrected chi connectivity index (χ2v) is 4.61. The number of hydrogen-bond donors (Lipinski definition) is 0. The van der Waals surface area contributed by atoms with Crippen molar-refractivity contribution in [1.82, 2.24) is 0 Å². The molecule has 0 aromatic heterocycles. The molecule has 0 bridgehead atoms. The lowest BCUT2D eigenvalue weighted by Crippen LogP contribution is -2.62. The largest absolute Gasteiger partial charge is 0.460 e. The molecule has 0 aromatic rings. The van der Waals surface area contributed by atoms with Gasteiger partial charge in [-0.05, 0) is 6.42 Å². The first-order chi connectivity index (χ1) is 9.27. The Morgan fingerprint density at radius 1 is 0.857 bits per heavy atom. The van der Waals surface area contributed by atoms with E-state index in [0.29, 0.717) is 12.8 Å². The maximum atomic E-state index is 13.5. The van der Waals surface area contributed by atoms with Crippen LogP contribution in [0.25, 0.3) is 0 Å². The Morgan fingerprint density at radius 3 is 1.67 bits per heavy atom. The monoisotopic (exact) mass is 330 g/mol. The van der Waals surface area contributed by atoms with Crippen molar-refractivity contribution in [3.8, 4) is 0 Å². The first-order valence-electron chi connectivity index (χ1n) is 6.10. The van der Waals surface area contributed by atoms with E-state index in [4.69, 9.17) is 0 Å². The lowest BCUT2D eigenvalue weighted by Gasteiger charge is -2.36. The van der Waals surface area contributed by atoms with Gasteiger partial charge < -0.3 is 0 Å². The summed E-state index contributed by atoms with van der Waals surface area (Å²) >= 11 is 0. The molecule has 0 heterocycles. The van der Waals surface area contributed by atoms with Crippen molar-refractivity contribution in [3.63, 3.8) is 0 Å². The van der Waals surface area contributed by atoms with Gasteiger partial charge in [0.1, 0.15) is 0 Å². The van der Waals surface area contributed by atoms with Gasteiger partial charge in [-0.25, -0.2) is 0 Å². The molecule has 0 saturated carbocycles. The fourth-order valence-corrected chi connectivity index (χ4v) is 1.68. The molecule has 0 rings (SSSR count). The molecule has 0 nitrogen and oxygen atoms in total. The molecule has 9 heteroatoms. The van der Waals surface area contributed by atoms with Crippen molar-refractivity contribution < 1.29 is 39.5 Å². The van der Waals surface area contributed by atoms with Crippen LogP contribution in [0.4, 0.5) is 39.5 Å². The molecule has 0 radical (unpaired) electrons. The highest BCUT2D eigenvalue weighted by atomic mass is 19.4. The molecule has 0 aromatic carbocycles. The van der Waals surface area contributed by atoms with Crippen LogP contribution in [0, 0.1) is 5.92 Å². The molecule has 0 N–H and O–H groups in total. The van der Waals surface area contributed by atoms with Gasteiger partial charge in [0, 0.05) is 5.92 Å². The van der Waals surface area contributed by atoms with Crippen LogP contribution in [0.3, 0.4) is 0 Å². The number of unbranched alkanes of at least 4 members (excludes halogenated alkanes) is 2. The molecule has 0 aliphatic rings. The summed E-state index contributed by atoms with van der Waals surface area (Å²) in [5, 5.41) is 0. The van der Waals surface area contributed by atoms with Crippen LogP contribution < -0.4 is 0 Å². The van der Waals surface area contributed by atoms with E-state index >= 15 is 0 Å². The number of rotatable bonds is 8. The van der Waals surface area contributed by atoms with Crippen LogP contribution in [-0.2, 0) is 0 Å². The molecular weight excluding hydrogens is 315 g/mol. The fraction of sp³-hybridized carbons (Fsp3) is 0.833. The minimum Gasteiger partial charge on any atom is -0.199 e. The van der Waals surface area contributed by atoms with Gasteiger partial charge in [-0.15, -0.1) is 6.58 Å². The van der Waals surface area contributed by atoms with E-state index in [0.717, 1.165) is 0 Å². The highest BCUT2D eigenvalue weighted by Crippen LogP contribution is 2.55. The SMILES string of the molecule is C=CC(CCCCC)C(F)(F)C(F)(F)C(F)(F)C(F)(F)F. The van der Waals surface area contributed by atoms with Gasteiger partial charge in [0.2, 0.25) is 0 Å². The predicted molar refractivity (Wildman–Crippen MR) is 58.7 cm³/mol. The summed E-state index contributed by atoms with van der Waals surface area (Å²) in [4.78, 5) is 0. The fourth-order valence-electron chi connectivity index (χ4n) is 1.68. The van der Waals surface area contributed by atoms with E-state index in [2.05, 4.69) is 6.58 Å². The third kappa shape index (κ3) is 3.66. The maximum absolute atomic E-state index is 13.5. The second kappa shape index (κ2) is 6.48. The van der Waals surface area contributed by atoms with E-state index < -0.39 is 36.3 Å². The zero-order valence-corrected chi connectivity index (χ0v) is 11.1. The van der Waals surface area contributed by atoms with Crippen LogP contribution in [0.1, 0.15) is 32.6 Å². The summed E-state index contributed by atoms with van der Waals surface area (Å²) in [5.74, 6) is -21.5. The second-order valence-electron chi connectivity index (χ2n) is 4.61. The van der Waals surface area contributed by atoms with E-state index in [1.54, 1.807) is 6.92 Å². The van der Waals surface area contributed by atoms with E-state index in [-0.39, 0.29) is 12.5 Å². The smallest absolute Gasteiger partial charge is 0.199 e. The molecule has 21 heavy (non-hydrogen) atoms. The molecule has 0 saturated heterocycles. The molecule has 126 valence electrons. The highest BCUT2D eigenvalue weighted by Gasteiger charge is 2.82. The lowest BCUT2D eigenvalue weighted by molar-refractivity contribution is -0.401. The van der Waals surface area contributed by atoms with Crippen LogP contribution >= 0.6 is 0 Å². The van der Waals surface area contributed by atoms with Crippen molar-refractivity contribution in [3.05, 3.63) is 12.7 Å². The van der Waals surface area contributed by atoms with Crippen molar-refractivity contribution in [2.75, 3.05) is 0 Å². The van der Waals surface area contributed by atoms with Gasteiger partial charge in [0.05, 0.1) is 0 Å². The van der Waals surface area contributed by atoms with Crippen molar-refractivity contribution in [2.45, 2.75) is 56.6 Å². The zero-order valence-electron chi connectivity index (χ0n) is 11.1. The molecule has 0 aliphatic heterocycles. The van der Waals surface area contributed by atoms with Gasteiger partial charge >= 0.3 is 23.9 Å². The average Bonchev–Trinajstić information content (AvgIpc) is 2.32. The molecule has 0 amide bonds. The van der Waals surface area contributed by atoms with Crippen LogP contribution in [-0.4, -0.2) is 23.9 Å². The van der Waals surface area contributed by atoms with E-state index in [9.17, 15) is 39.5 Å².